The van der Waals surface area contributed by atoms with Crippen LogP contribution in [0, 0.1) is 5.41 Å². The predicted molar refractivity (Wildman–Crippen MR) is 88.4 cm³/mol. The third-order valence-corrected chi connectivity index (χ3v) is 4.08. The van der Waals surface area contributed by atoms with Crippen LogP contribution in [0.4, 0.5) is 4.79 Å². The Morgan fingerprint density at radius 3 is 2.33 bits per heavy atom. The van der Waals surface area contributed by atoms with Crippen LogP contribution in [-0.2, 0) is 19.1 Å². The van der Waals surface area contributed by atoms with E-state index in [9.17, 15) is 14.4 Å². The van der Waals surface area contributed by atoms with Crippen molar-refractivity contribution in [2.45, 2.75) is 39.7 Å². The van der Waals surface area contributed by atoms with Crippen LogP contribution in [0.15, 0.2) is 0 Å². The van der Waals surface area contributed by atoms with Crippen LogP contribution in [0.25, 0.3) is 0 Å². The first-order chi connectivity index (χ1) is 11.3. The number of carbonyl (C=O) groups excluding carboxylic acids is 3. The van der Waals surface area contributed by atoms with Gasteiger partial charge in [-0.2, -0.15) is 0 Å². The van der Waals surface area contributed by atoms with Crippen LogP contribution < -0.4 is 10.6 Å². The Labute approximate surface area is 143 Å². The SMILES string of the molecule is CCOC(=O)N1CCC(NC(=O)C(C)(C)C(=O)NCCOC)CC1. The molecule has 0 radical (unpaired) electrons. The molecule has 1 saturated heterocycles. The Morgan fingerprint density at radius 2 is 1.79 bits per heavy atom. The molecule has 0 aromatic heterocycles. The van der Waals surface area contributed by atoms with Crippen molar-refractivity contribution < 1.29 is 23.9 Å². The number of nitrogens with zero attached hydrogens (tertiary/aromatic N) is 1. The van der Waals surface area contributed by atoms with Gasteiger partial charge in [-0.3, -0.25) is 9.59 Å². The summed E-state index contributed by atoms with van der Waals surface area (Å²) in [4.78, 5) is 37.8. The van der Waals surface area contributed by atoms with Crippen molar-refractivity contribution in [1.82, 2.24) is 15.5 Å². The van der Waals surface area contributed by atoms with Crippen LogP contribution in [0.5, 0.6) is 0 Å². The monoisotopic (exact) mass is 343 g/mol. The summed E-state index contributed by atoms with van der Waals surface area (Å²) in [6.45, 7) is 7.14. The van der Waals surface area contributed by atoms with Gasteiger partial charge in [0.2, 0.25) is 11.8 Å². The van der Waals surface area contributed by atoms with E-state index in [1.807, 2.05) is 0 Å². The van der Waals surface area contributed by atoms with Crippen LogP contribution in [0.1, 0.15) is 33.6 Å². The van der Waals surface area contributed by atoms with Crippen molar-refractivity contribution >= 4 is 17.9 Å². The van der Waals surface area contributed by atoms with E-state index in [-0.39, 0.29) is 23.9 Å². The molecule has 0 atom stereocenters. The van der Waals surface area contributed by atoms with E-state index in [2.05, 4.69) is 10.6 Å². The highest BCUT2D eigenvalue weighted by molar-refractivity contribution is 6.04. The number of carbonyl (C=O) groups is 3. The highest BCUT2D eigenvalue weighted by Gasteiger charge is 2.37. The van der Waals surface area contributed by atoms with Gasteiger partial charge in [0, 0.05) is 32.8 Å². The molecule has 0 bridgehead atoms. The lowest BCUT2D eigenvalue weighted by atomic mass is 9.90. The number of amides is 3. The zero-order chi connectivity index (χ0) is 18.2. The number of hydrogen-bond acceptors (Lipinski definition) is 5. The number of likely N-dealkylation sites (tertiary alicyclic amines) is 1. The van der Waals surface area contributed by atoms with Crippen molar-refractivity contribution in [1.29, 1.82) is 0 Å². The maximum atomic E-state index is 12.4. The van der Waals surface area contributed by atoms with Gasteiger partial charge in [-0.15, -0.1) is 0 Å². The van der Waals surface area contributed by atoms with Gasteiger partial charge in [-0.25, -0.2) is 4.79 Å². The molecule has 2 N–H and O–H groups in total. The number of hydrogen-bond donors (Lipinski definition) is 2. The Balaban J connectivity index is 2.44. The molecule has 1 aliphatic rings. The lowest BCUT2D eigenvalue weighted by Gasteiger charge is -2.33. The summed E-state index contributed by atoms with van der Waals surface area (Å²) in [5, 5.41) is 5.60. The van der Waals surface area contributed by atoms with Gasteiger partial charge >= 0.3 is 6.09 Å². The lowest BCUT2D eigenvalue weighted by molar-refractivity contribution is -0.142. The third-order valence-electron chi connectivity index (χ3n) is 4.08. The van der Waals surface area contributed by atoms with E-state index in [4.69, 9.17) is 9.47 Å². The Kier molecular flexibility index (Phi) is 7.97. The predicted octanol–water partition coefficient (Wildman–Crippen LogP) is 0.512. The maximum Gasteiger partial charge on any atom is 0.409 e. The Hall–Kier alpha value is -1.83. The number of methoxy groups -OCH3 is 1. The first kappa shape index (κ1) is 20.2. The second-order valence-corrected chi connectivity index (χ2v) is 6.31. The third kappa shape index (κ3) is 5.67. The van der Waals surface area contributed by atoms with Crippen molar-refractivity contribution in [3.63, 3.8) is 0 Å². The van der Waals surface area contributed by atoms with Gasteiger partial charge in [0.25, 0.3) is 0 Å². The van der Waals surface area contributed by atoms with E-state index >= 15 is 0 Å². The second-order valence-electron chi connectivity index (χ2n) is 6.31. The summed E-state index contributed by atoms with van der Waals surface area (Å²) in [5.41, 5.74) is -1.16. The quantitative estimate of drug-likeness (QED) is 0.519. The fourth-order valence-corrected chi connectivity index (χ4v) is 2.38. The second kappa shape index (κ2) is 9.46. The van der Waals surface area contributed by atoms with E-state index < -0.39 is 5.41 Å². The van der Waals surface area contributed by atoms with Gasteiger partial charge in [0.05, 0.1) is 13.2 Å². The highest BCUT2D eigenvalue weighted by Crippen LogP contribution is 2.18. The molecule has 8 nitrogen and oxygen atoms in total. The smallest absolute Gasteiger partial charge is 0.409 e. The Bertz CT molecular complexity index is 445. The number of nitrogens with one attached hydrogen (secondary N) is 2. The van der Waals surface area contributed by atoms with Crippen molar-refractivity contribution in [2.75, 3.05) is 40.0 Å². The summed E-state index contributed by atoms with van der Waals surface area (Å²) >= 11 is 0. The van der Waals surface area contributed by atoms with Crippen molar-refractivity contribution in [3.8, 4) is 0 Å². The fraction of sp³-hybridized carbons (Fsp3) is 0.812. The highest BCUT2D eigenvalue weighted by atomic mass is 16.6. The van der Waals surface area contributed by atoms with Gasteiger partial charge in [0.15, 0.2) is 0 Å². The van der Waals surface area contributed by atoms with E-state index in [1.54, 1.807) is 32.8 Å². The summed E-state index contributed by atoms with van der Waals surface area (Å²) in [7, 11) is 1.55. The molecule has 0 aromatic carbocycles. The summed E-state index contributed by atoms with van der Waals surface area (Å²) in [6.07, 6.45) is 0.970. The van der Waals surface area contributed by atoms with Gasteiger partial charge < -0.3 is 25.0 Å². The molecule has 8 heteroatoms. The minimum atomic E-state index is -1.16. The van der Waals surface area contributed by atoms with Crippen LogP contribution >= 0.6 is 0 Å². The minimum absolute atomic E-state index is 0.0470. The van der Waals surface area contributed by atoms with E-state index in [0.717, 1.165) is 0 Å². The standard InChI is InChI=1S/C16H29N3O5/c1-5-24-15(22)19-9-6-12(7-10-19)18-14(21)16(2,3)13(20)17-8-11-23-4/h12H,5-11H2,1-4H3,(H,17,20)(H,18,21). The van der Waals surface area contributed by atoms with Crippen LogP contribution in [0.3, 0.4) is 0 Å². The molecule has 0 spiro atoms. The Morgan fingerprint density at radius 1 is 1.17 bits per heavy atom. The molecule has 0 unspecified atom stereocenters. The lowest BCUT2D eigenvalue weighted by Crippen LogP contribution is -2.53. The molecular weight excluding hydrogens is 314 g/mol. The summed E-state index contributed by atoms with van der Waals surface area (Å²) < 4.78 is 9.84. The molecule has 24 heavy (non-hydrogen) atoms. The first-order valence-electron chi connectivity index (χ1n) is 8.32. The molecule has 1 fully saturated rings. The number of ether oxygens (including phenoxy) is 2. The van der Waals surface area contributed by atoms with Crippen LogP contribution in [-0.4, -0.2) is 68.8 Å². The van der Waals surface area contributed by atoms with Gasteiger partial charge in [-0.1, -0.05) is 0 Å². The molecule has 1 rings (SSSR count). The fourth-order valence-electron chi connectivity index (χ4n) is 2.38. The molecule has 138 valence electrons. The van der Waals surface area contributed by atoms with Crippen LogP contribution in [0.2, 0.25) is 0 Å². The van der Waals surface area contributed by atoms with Crippen molar-refractivity contribution in [2.24, 2.45) is 5.41 Å². The molecule has 0 aliphatic carbocycles. The van der Waals surface area contributed by atoms with E-state index in [0.29, 0.717) is 45.7 Å². The topological polar surface area (TPSA) is 97.0 Å². The molecule has 1 aliphatic heterocycles. The minimum Gasteiger partial charge on any atom is -0.450 e. The molecule has 3 amide bonds. The van der Waals surface area contributed by atoms with Gasteiger partial charge in [-0.05, 0) is 33.6 Å². The van der Waals surface area contributed by atoms with Gasteiger partial charge in [0.1, 0.15) is 5.41 Å². The first-order valence-corrected chi connectivity index (χ1v) is 8.32. The maximum absolute atomic E-state index is 12.4. The zero-order valence-electron chi connectivity index (χ0n) is 15.0. The normalized spacial score (nSPS) is 15.8. The zero-order valence-corrected chi connectivity index (χ0v) is 15.0. The largest absolute Gasteiger partial charge is 0.450 e. The molecule has 0 aromatic rings. The molecule has 0 saturated carbocycles. The number of rotatable bonds is 7. The van der Waals surface area contributed by atoms with Crippen molar-refractivity contribution in [3.05, 3.63) is 0 Å². The molecule has 1 heterocycles. The average Bonchev–Trinajstić information content (AvgIpc) is 2.55. The summed E-state index contributed by atoms with van der Waals surface area (Å²) in [5.74, 6) is -0.645. The summed E-state index contributed by atoms with van der Waals surface area (Å²) in [6, 6.07) is -0.0470. The van der Waals surface area contributed by atoms with E-state index in [1.165, 1.54) is 0 Å². The average molecular weight is 343 g/mol. The molecular formula is C16H29N3O5. The number of piperidine rings is 1.